The topological polar surface area (TPSA) is 90.5 Å². The Morgan fingerprint density at radius 3 is 2.42 bits per heavy atom. The molecule has 3 aromatic rings. The van der Waals surface area contributed by atoms with Gasteiger partial charge in [-0.2, -0.15) is 0 Å². The first kappa shape index (κ1) is 22.7. The maximum absolute atomic E-state index is 12.7. The van der Waals surface area contributed by atoms with Crippen LogP contribution in [0.4, 0.5) is 21.4 Å². The van der Waals surface area contributed by atoms with Crippen LogP contribution in [0.15, 0.2) is 41.9 Å². The van der Waals surface area contributed by atoms with Crippen molar-refractivity contribution in [2.45, 2.75) is 27.2 Å². The molecule has 33 heavy (non-hydrogen) atoms. The Hall–Kier alpha value is -3.46. The Kier molecular flexibility index (Phi) is 6.88. The van der Waals surface area contributed by atoms with Gasteiger partial charge in [0.15, 0.2) is 5.13 Å². The zero-order valence-electron chi connectivity index (χ0n) is 19.1. The molecule has 4 rings (SSSR count). The highest BCUT2D eigenvalue weighted by atomic mass is 32.1. The lowest BCUT2D eigenvalue weighted by atomic mass is 10.0. The molecule has 1 aromatic carbocycles. The van der Waals surface area contributed by atoms with Crippen LogP contribution in [0.5, 0.6) is 0 Å². The molecule has 172 valence electrons. The quantitative estimate of drug-likeness (QED) is 0.596. The number of urea groups is 1. The zero-order chi connectivity index (χ0) is 23.4. The molecule has 0 unspecified atom stereocenters. The largest absolute Gasteiger partial charge is 0.353 e. The summed E-state index contributed by atoms with van der Waals surface area (Å²) in [5.41, 5.74) is 4.72. The van der Waals surface area contributed by atoms with Gasteiger partial charge in [-0.05, 0) is 44.0 Å². The molecule has 0 spiro atoms. The summed E-state index contributed by atoms with van der Waals surface area (Å²) >= 11 is 1.33. The van der Waals surface area contributed by atoms with Gasteiger partial charge in [-0.15, -0.1) is 11.3 Å². The van der Waals surface area contributed by atoms with E-state index in [0.717, 1.165) is 35.7 Å². The Morgan fingerprint density at radius 2 is 1.76 bits per heavy atom. The van der Waals surface area contributed by atoms with E-state index in [0.29, 0.717) is 23.9 Å². The lowest BCUT2D eigenvalue weighted by Crippen LogP contribution is -2.50. The van der Waals surface area contributed by atoms with E-state index in [1.54, 1.807) is 11.1 Å². The number of hydrogen-bond donors (Lipinski definition) is 2. The van der Waals surface area contributed by atoms with Gasteiger partial charge in [0.25, 0.3) is 0 Å². The van der Waals surface area contributed by atoms with Crippen LogP contribution in [0.2, 0.25) is 0 Å². The van der Waals surface area contributed by atoms with Gasteiger partial charge in [0, 0.05) is 43.4 Å². The molecule has 9 heteroatoms. The van der Waals surface area contributed by atoms with E-state index in [4.69, 9.17) is 0 Å². The molecule has 0 bridgehead atoms. The molecular formula is C24H28N6O2S. The molecular weight excluding hydrogens is 436 g/mol. The minimum Gasteiger partial charge on any atom is -0.353 e. The summed E-state index contributed by atoms with van der Waals surface area (Å²) in [4.78, 5) is 37.9. The van der Waals surface area contributed by atoms with Crippen molar-refractivity contribution < 1.29 is 9.59 Å². The van der Waals surface area contributed by atoms with Gasteiger partial charge in [0.05, 0.1) is 12.1 Å². The molecule has 0 radical (unpaired) electrons. The first-order valence-electron chi connectivity index (χ1n) is 10.9. The van der Waals surface area contributed by atoms with Gasteiger partial charge in [-0.3, -0.25) is 10.1 Å². The van der Waals surface area contributed by atoms with Crippen LogP contribution >= 0.6 is 11.3 Å². The normalized spacial score (nSPS) is 13.7. The highest BCUT2D eigenvalue weighted by Crippen LogP contribution is 2.23. The van der Waals surface area contributed by atoms with E-state index in [1.807, 2.05) is 44.4 Å². The first-order chi connectivity index (χ1) is 15.9. The molecule has 0 saturated carbocycles. The average Bonchev–Trinajstić information content (AvgIpc) is 3.23. The van der Waals surface area contributed by atoms with Crippen molar-refractivity contribution in [1.82, 2.24) is 14.9 Å². The minimum absolute atomic E-state index is 0.126. The fourth-order valence-corrected chi connectivity index (χ4v) is 4.72. The number of carbonyl (C=O) groups is 2. The van der Waals surface area contributed by atoms with Crippen molar-refractivity contribution in [3.8, 4) is 0 Å². The summed E-state index contributed by atoms with van der Waals surface area (Å²) in [6.07, 6.45) is 1.93. The maximum atomic E-state index is 12.7. The predicted molar refractivity (Wildman–Crippen MR) is 132 cm³/mol. The van der Waals surface area contributed by atoms with Gasteiger partial charge < -0.3 is 15.1 Å². The smallest absolute Gasteiger partial charge is 0.323 e. The Balaban J connectivity index is 1.28. The van der Waals surface area contributed by atoms with E-state index in [1.165, 1.54) is 16.9 Å². The minimum atomic E-state index is -0.174. The standard InChI is InChI=1S/C24H28N6O2S/c1-16-12-17(2)22(18(3)13-16)27-21(31)14-19-15-33-23(26-19)28-24(32)30-10-8-29(9-11-30)20-6-4-5-7-25-20/h4-7,12-13,15H,8-11,14H2,1-3H3,(H,27,31)(H,26,28,32). The van der Waals surface area contributed by atoms with Crippen LogP contribution in [0.25, 0.3) is 0 Å². The number of thiazole rings is 1. The monoisotopic (exact) mass is 464 g/mol. The molecule has 3 amide bonds. The third-order valence-electron chi connectivity index (χ3n) is 5.59. The fourth-order valence-electron chi connectivity index (χ4n) is 4.02. The van der Waals surface area contributed by atoms with Gasteiger partial charge in [-0.25, -0.2) is 14.8 Å². The third kappa shape index (κ3) is 5.67. The van der Waals surface area contributed by atoms with E-state index in [2.05, 4.69) is 37.6 Å². The number of carbonyl (C=O) groups excluding carboxylic acids is 2. The molecule has 0 aliphatic carbocycles. The van der Waals surface area contributed by atoms with Crippen molar-refractivity contribution in [3.05, 3.63) is 64.3 Å². The lowest BCUT2D eigenvalue weighted by Gasteiger charge is -2.35. The number of aryl methyl sites for hydroxylation is 3. The second-order valence-electron chi connectivity index (χ2n) is 8.23. The van der Waals surface area contributed by atoms with Crippen LogP contribution in [-0.4, -0.2) is 53.0 Å². The zero-order valence-corrected chi connectivity index (χ0v) is 19.9. The van der Waals surface area contributed by atoms with Gasteiger partial charge in [0.1, 0.15) is 5.82 Å². The van der Waals surface area contributed by atoms with E-state index < -0.39 is 0 Å². The second-order valence-corrected chi connectivity index (χ2v) is 9.09. The summed E-state index contributed by atoms with van der Waals surface area (Å²) in [5, 5.41) is 8.16. The van der Waals surface area contributed by atoms with Crippen molar-refractivity contribution in [2.75, 3.05) is 41.7 Å². The maximum Gasteiger partial charge on any atom is 0.323 e. The lowest BCUT2D eigenvalue weighted by molar-refractivity contribution is -0.115. The van der Waals surface area contributed by atoms with Crippen LogP contribution in [0.3, 0.4) is 0 Å². The third-order valence-corrected chi connectivity index (χ3v) is 6.40. The number of pyridine rings is 1. The number of nitrogens with one attached hydrogen (secondary N) is 2. The number of hydrogen-bond acceptors (Lipinski definition) is 6. The fraction of sp³-hybridized carbons (Fsp3) is 0.333. The molecule has 1 saturated heterocycles. The number of nitrogens with zero attached hydrogens (tertiary/aromatic N) is 4. The Bertz CT molecular complexity index is 1120. The number of benzene rings is 1. The molecule has 8 nitrogen and oxygen atoms in total. The number of aromatic nitrogens is 2. The summed E-state index contributed by atoms with van der Waals surface area (Å²) in [5.74, 6) is 0.801. The molecule has 2 N–H and O–H groups in total. The van der Waals surface area contributed by atoms with Crippen LogP contribution in [0.1, 0.15) is 22.4 Å². The molecule has 1 fully saturated rings. The molecule has 1 aliphatic heterocycles. The molecule has 0 atom stereocenters. The van der Waals surface area contributed by atoms with Gasteiger partial charge in [-0.1, -0.05) is 23.8 Å². The molecule has 3 heterocycles. The number of anilines is 3. The van der Waals surface area contributed by atoms with Crippen LogP contribution < -0.4 is 15.5 Å². The summed E-state index contributed by atoms with van der Waals surface area (Å²) in [6.45, 7) is 8.69. The SMILES string of the molecule is Cc1cc(C)c(NC(=O)Cc2csc(NC(=O)N3CCN(c4ccccn4)CC3)n2)c(C)c1. The average molecular weight is 465 g/mol. The molecule has 1 aliphatic rings. The number of piperazine rings is 1. The summed E-state index contributed by atoms with van der Waals surface area (Å²) in [6, 6.07) is 9.76. The summed E-state index contributed by atoms with van der Waals surface area (Å²) in [7, 11) is 0. The van der Waals surface area contributed by atoms with Crippen molar-refractivity contribution >= 4 is 39.9 Å². The highest BCUT2D eigenvalue weighted by Gasteiger charge is 2.22. The van der Waals surface area contributed by atoms with Crippen molar-refractivity contribution in [1.29, 1.82) is 0 Å². The van der Waals surface area contributed by atoms with E-state index in [9.17, 15) is 9.59 Å². The van der Waals surface area contributed by atoms with Gasteiger partial charge >= 0.3 is 6.03 Å². The Morgan fingerprint density at radius 1 is 1.03 bits per heavy atom. The predicted octanol–water partition coefficient (Wildman–Crippen LogP) is 4.00. The number of rotatable bonds is 5. The number of amides is 3. The van der Waals surface area contributed by atoms with Crippen molar-refractivity contribution in [2.24, 2.45) is 0 Å². The summed E-state index contributed by atoms with van der Waals surface area (Å²) < 4.78 is 0. The first-order valence-corrected chi connectivity index (χ1v) is 11.8. The van der Waals surface area contributed by atoms with Crippen molar-refractivity contribution in [3.63, 3.8) is 0 Å². The Labute approximate surface area is 197 Å². The van der Waals surface area contributed by atoms with Crippen LogP contribution in [-0.2, 0) is 11.2 Å². The van der Waals surface area contributed by atoms with Gasteiger partial charge in [0.2, 0.25) is 5.91 Å². The van der Waals surface area contributed by atoms with E-state index >= 15 is 0 Å². The van der Waals surface area contributed by atoms with E-state index in [-0.39, 0.29) is 18.4 Å². The van der Waals surface area contributed by atoms with Crippen LogP contribution in [0, 0.1) is 20.8 Å². The highest BCUT2D eigenvalue weighted by molar-refractivity contribution is 7.13. The second kappa shape index (κ2) is 9.99. The molecule has 2 aromatic heterocycles.